The van der Waals surface area contributed by atoms with Gasteiger partial charge in [-0.25, -0.2) is 0 Å². The number of hydrogen-bond acceptors (Lipinski definition) is 3. The van der Waals surface area contributed by atoms with Crippen LogP contribution in [0.1, 0.15) is 25.0 Å². The third-order valence-corrected chi connectivity index (χ3v) is 3.61. The maximum absolute atomic E-state index is 12.0. The summed E-state index contributed by atoms with van der Waals surface area (Å²) in [4.78, 5) is 12.0. The highest BCUT2D eigenvalue weighted by Gasteiger charge is 2.15. The van der Waals surface area contributed by atoms with Crippen molar-refractivity contribution in [1.29, 1.82) is 0 Å². The van der Waals surface area contributed by atoms with E-state index in [-0.39, 0.29) is 5.91 Å². The molecule has 0 saturated heterocycles. The highest BCUT2D eigenvalue weighted by molar-refractivity contribution is 6.30. The number of nitrogens with one attached hydrogen (secondary N) is 1. The molecule has 0 bridgehead atoms. The van der Waals surface area contributed by atoms with E-state index in [1.165, 1.54) is 0 Å². The van der Waals surface area contributed by atoms with Gasteiger partial charge in [-0.3, -0.25) is 4.79 Å². The van der Waals surface area contributed by atoms with Gasteiger partial charge in [0.1, 0.15) is 5.75 Å². The van der Waals surface area contributed by atoms with E-state index in [1.807, 2.05) is 18.2 Å². The average molecular weight is 334 g/mol. The number of carbonyl (C=O) groups excluding carboxylic acids is 1. The van der Waals surface area contributed by atoms with Crippen molar-refractivity contribution in [2.45, 2.75) is 25.6 Å². The first kappa shape index (κ1) is 17.3. The normalized spacial score (nSPS) is 13.2. The van der Waals surface area contributed by atoms with E-state index in [0.29, 0.717) is 23.7 Å². The molecule has 0 aliphatic heterocycles. The lowest BCUT2D eigenvalue weighted by atomic mass is 10.1. The molecule has 23 heavy (non-hydrogen) atoms. The van der Waals surface area contributed by atoms with E-state index >= 15 is 0 Å². The van der Waals surface area contributed by atoms with Gasteiger partial charge < -0.3 is 15.2 Å². The number of hydrogen-bond donors (Lipinski definition) is 2. The molecule has 0 unspecified atom stereocenters. The van der Waals surface area contributed by atoms with Crippen molar-refractivity contribution in [2.24, 2.45) is 0 Å². The Kier molecular flexibility index (Phi) is 6.44. The minimum Gasteiger partial charge on any atom is -0.481 e. The van der Waals surface area contributed by atoms with Gasteiger partial charge in [0.2, 0.25) is 0 Å². The van der Waals surface area contributed by atoms with E-state index in [9.17, 15) is 9.90 Å². The van der Waals surface area contributed by atoms with Gasteiger partial charge in [-0.05, 0) is 43.2 Å². The SMILES string of the molecule is C[C@@H](Oc1ccccc1)C(=O)NCC[C@@H](O)c1cccc(Cl)c1. The zero-order valence-corrected chi connectivity index (χ0v) is 13.7. The first-order chi connectivity index (χ1) is 11.1. The van der Waals surface area contributed by atoms with Crippen molar-refractivity contribution in [3.05, 3.63) is 65.2 Å². The minimum absolute atomic E-state index is 0.216. The number of carbonyl (C=O) groups is 1. The topological polar surface area (TPSA) is 58.6 Å². The summed E-state index contributed by atoms with van der Waals surface area (Å²) in [5.41, 5.74) is 0.736. The molecule has 2 atom stereocenters. The molecule has 122 valence electrons. The smallest absolute Gasteiger partial charge is 0.260 e. The van der Waals surface area contributed by atoms with Gasteiger partial charge in [0.05, 0.1) is 6.10 Å². The standard InChI is InChI=1S/C18H20ClNO3/c1-13(23-16-8-3-2-4-9-16)18(22)20-11-10-17(21)14-6-5-7-15(19)12-14/h2-9,12-13,17,21H,10-11H2,1H3,(H,20,22)/t13-,17-/m1/s1. The zero-order valence-electron chi connectivity index (χ0n) is 12.9. The van der Waals surface area contributed by atoms with E-state index in [0.717, 1.165) is 5.56 Å². The van der Waals surface area contributed by atoms with E-state index in [2.05, 4.69) is 5.32 Å². The van der Waals surface area contributed by atoms with Gasteiger partial charge in [0, 0.05) is 11.6 Å². The maximum atomic E-state index is 12.0. The summed E-state index contributed by atoms with van der Waals surface area (Å²) in [6, 6.07) is 16.2. The number of ether oxygens (including phenoxy) is 1. The molecule has 1 amide bonds. The van der Waals surface area contributed by atoms with Crippen LogP contribution in [-0.2, 0) is 4.79 Å². The largest absolute Gasteiger partial charge is 0.481 e. The van der Waals surface area contributed by atoms with Crippen molar-refractivity contribution >= 4 is 17.5 Å². The fourth-order valence-corrected chi connectivity index (χ4v) is 2.31. The van der Waals surface area contributed by atoms with Gasteiger partial charge in [0.25, 0.3) is 5.91 Å². The number of amides is 1. The van der Waals surface area contributed by atoms with Crippen LogP contribution in [-0.4, -0.2) is 23.7 Å². The Balaban J connectivity index is 1.76. The van der Waals surface area contributed by atoms with Gasteiger partial charge in [-0.1, -0.05) is 41.9 Å². The van der Waals surface area contributed by atoms with Gasteiger partial charge in [0.15, 0.2) is 6.10 Å². The number of rotatable bonds is 7. The molecular formula is C18H20ClNO3. The van der Waals surface area contributed by atoms with Crippen LogP contribution >= 0.6 is 11.6 Å². The third kappa shape index (κ3) is 5.58. The van der Waals surface area contributed by atoms with E-state index in [4.69, 9.17) is 16.3 Å². The van der Waals surface area contributed by atoms with Gasteiger partial charge in [-0.15, -0.1) is 0 Å². The van der Waals surface area contributed by atoms with E-state index in [1.54, 1.807) is 43.3 Å². The number of para-hydroxylation sites is 1. The molecule has 0 aromatic heterocycles. The molecule has 2 aromatic carbocycles. The Hall–Kier alpha value is -2.04. The average Bonchev–Trinajstić information content (AvgIpc) is 2.55. The molecule has 2 aromatic rings. The van der Waals surface area contributed by atoms with E-state index < -0.39 is 12.2 Å². The van der Waals surface area contributed by atoms with Crippen LogP contribution < -0.4 is 10.1 Å². The second kappa shape index (κ2) is 8.56. The summed E-state index contributed by atoms with van der Waals surface area (Å²) in [6.07, 6.45) is -0.857. The van der Waals surface area contributed by atoms with Crippen molar-refractivity contribution in [3.8, 4) is 5.75 Å². The molecule has 0 saturated carbocycles. The van der Waals surface area contributed by atoms with Crippen LogP contribution in [0.15, 0.2) is 54.6 Å². The molecule has 0 radical (unpaired) electrons. The number of halogens is 1. The molecule has 2 rings (SSSR count). The van der Waals surface area contributed by atoms with Crippen molar-refractivity contribution in [2.75, 3.05) is 6.54 Å². The molecular weight excluding hydrogens is 314 g/mol. The lowest BCUT2D eigenvalue weighted by molar-refractivity contribution is -0.127. The molecule has 0 aliphatic rings. The molecule has 2 N–H and O–H groups in total. The van der Waals surface area contributed by atoms with Crippen LogP contribution in [0.25, 0.3) is 0 Å². The second-order valence-corrected chi connectivity index (χ2v) is 5.66. The maximum Gasteiger partial charge on any atom is 0.260 e. The van der Waals surface area contributed by atoms with Crippen molar-refractivity contribution < 1.29 is 14.6 Å². The highest BCUT2D eigenvalue weighted by Crippen LogP contribution is 2.19. The summed E-state index contributed by atoms with van der Waals surface area (Å²) in [5.74, 6) is 0.432. The Morgan fingerprint density at radius 2 is 1.96 bits per heavy atom. The minimum atomic E-state index is -0.667. The number of aliphatic hydroxyl groups is 1. The molecule has 0 heterocycles. The summed E-state index contributed by atoms with van der Waals surface area (Å²) in [6.45, 7) is 2.05. The molecule has 0 fully saturated rings. The Morgan fingerprint density at radius 3 is 2.65 bits per heavy atom. The Labute approximate surface area is 141 Å². The third-order valence-electron chi connectivity index (χ3n) is 3.38. The summed E-state index contributed by atoms with van der Waals surface area (Å²) in [7, 11) is 0. The van der Waals surface area contributed by atoms with Crippen LogP contribution in [0.3, 0.4) is 0 Å². The highest BCUT2D eigenvalue weighted by atomic mass is 35.5. The lowest BCUT2D eigenvalue weighted by Crippen LogP contribution is -2.37. The molecule has 4 nitrogen and oxygen atoms in total. The van der Waals surface area contributed by atoms with Gasteiger partial charge >= 0.3 is 0 Å². The predicted octanol–water partition coefficient (Wildman–Crippen LogP) is 3.35. The summed E-state index contributed by atoms with van der Waals surface area (Å²) >= 11 is 5.89. The van der Waals surface area contributed by atoms with Crippen molar-refractivity contribution in [1.82, 2.24) is 5.32 Å². The first-order valence-corrected chi connectivity index (χ1v) is 7.87. The molecule has 0 aliphatic carbocycles. The lowest BCUT2D eigenvalue weighted by Gasteiger charge is -2.16. The fourth-order valence-electron chi connectivity index (χ4n) is 2.11. The number of benzene rings is 2. The van der Waals surface area contributed by atoms with Crippen LogP contribution in [0, 0.1) is 0 Å². The second-order valence-electron chi connectivity index (χ2n) is 5.22. The summed E-state index contributed by atoms with van der Waals surface area (Å²) < 4.78 is 5.54. The monoisotopic (exact) mass is 333 g/mol. The van der Waals surface area contributed by atoms with Gasteiger partial charge in [-0.2, -0.15) is 0 Å². The Morgan fingerprint density at radius 1 is 1.22 bits per heavy atom. The van der Waals surface area contributed by atoms with Crippen LogP contribution in [0.2, 0.25) is 5.02 Å². The van der Waals surface area contributed by atoms with Crippen LogP contribution in [0.5, 0.6) is 5.75 Å². The quantitative estimate of drug-likeness (QED) is 0.817. The molecule has 0 spiro atoms. The van der Waals surface area contributed by atoms with Crippen LogP contribution in [0.4, 0.5) is 0 Å². The summed E-state index contributed by atoms with van der Waals surface area (Å²) in [5, 5.41) is 13.4. The zero-order chi connectivity index (χ0) is 16.7. The Bertz CT molecular complexity index is 633. The van der Waals surface area contributed by atoms with Crippen molar-refractivity contribution in [3.63, 3.8) is 0 Å². The number of aliphatic hydroxyl groups excluding tert-OH is 1. The fraction of sp³-hybridized carbons (Fsp3) is 0.278. The first-order valence-electron chi connectivity index (χ1n) is 7.49. The molecule has 5 heteroatoms. The predicted molar refractivity (Wildman–Crippen MR) is 90.6 cm³/mol.